The lowest BCUT2D eigenvalue weighted by molar-refractivity contribution is 0.0244. The number of halogens is 1. The molecule has 0 saturated heterocycles. The lowest BCUT2D eigenvalue weighted by Crippen LogP contribution is -2.34. The molecule has 0 heterocycles. The van der Waals surface area contributed by atoms with E-state index in [-0.39, 0.29) is 12.4 Å². The summed E-state index contributed by atoms with van der Waals surface area (Å²) in [5.41, 5.74) is 0. The molecule has 5 heteroatoms. The van der Waals surface area contributed by atoms with Crippen LogP contribution in [0.25, 0.3) is 0 Å². The van der Waals surface area contributed by atoms with E-state index in [1.165, 1.54) is 12.1 Å². The fraction of sp³-hybridized carbons (Fsp3) is 0.571. The van der Waals surface area contributed by atoms with Crippen molar-refractivity contribution in [2.45, 2.75) is 26.0 Å². The van der Waals surface area contributed by atoms with Crippen LogP contribution in [0.5, 0.6) is 5.75 Å². The first kappa shape index (κ1) is 15.9. The molecule has 0 amide bonds. The lowest BCUT2D eigenvalue weighted by atomic mass is 10.3. The third-order valence-corrected chi connectivity index (χ3v) is 2.38. The van der Waals surface area contributed by atoms with Crippen LogP contribution < -0.4 is 10.1 Å². The quantitative estimate of drug-likeness (QED) is 0.670. The third-order valence-electron chi connectivity index (χ3n) is 2.38. The minimum Gasteiger partial charge on any atom is -0.491 e. The van der Waals surface area contributed by atoms with Crippen LogP contribution >= 0.6 is 0 Å². The first-order valence-electron chi connectivity index (χ1n) is 6.45. The van der Waals surface area contributed by atoms with Crippen molar-refractivity contribution in [2.75, 3.05) is 26.4 Å². The summed E-state index contributed by atoms with van der Waals surface area (Å²) in [6, 6.07) is 6.17. The van der Waals surface area contributed by atoms with Crippen LogP contribution in [0.2, 0.25) is 0 Å². The van der Waals surface area contributed by atoms with E-state index in [1.54, 1.807) is 12.1 Å². The Hall–Kier alpha value is -1.17. The smallest absolute Gasteiger partial charge is 0.123 e. The van der Waals surface area contributed by atoms with Crippen LogP contribution in [0.1, 0.15) is 13.8 Å². The maximum Gasteiger partial charge on any atom is 0.123 e. The van der Waals surface area contributed by atoms with Gasteiger partial charge in [0.05, 0.1) is 19.3 Å². The van der Waals surface area contributed by atoms with Crippen molar-refractivity contribution >= 4 is 0 Å². The molecule has 19 heavy (non-hydrogen) atoms. The van der Waals surface area contributed by atoms with Crippen LogP contribution in [-0.4, -0.2) is 43.6 Å². The number of hydrogen-bond acceptors (Lipinski definition) is 4. The van der Waals surface area contributed by atoms with Gasteiger partial charge in [-0.05, 0) is 24.3 Å². The zero-order chi connectivity index (χ0) is 14.1. The fourth-order valence-electron chi connectivity index (χ4n) is 1.40. The minimum atomic E-state index is -0.520. The highest BCUT2D eigenvalue weighted by Crippen LogP contribution is 2.10. The Labute approximate surface area is 113 Å². The Bertz CT molecular complexity index is 343. The monoisotopic (exact) mass is 271 g/mol. The Morgan fingerprint density at radius 2 is 1.89 bits per heavy atom. The highest BCUT2D eigenvalue weighted by atomic mass is 19.1. The summed E-state index contributed by atoms with van der Waals surface area (Å²) >= 11 is 0. The third kappa shape index (κ3) is 7.77. The number of ether oxygens (including phenoxy) is 2. The molecule has 1 aromatic carbocycles. The number of benzene rings is 1. The van der Waals surface area contributed by atoms with Gasteiger partial charge in [-0.3, -0.25) is 0 Å². The average molecular weight is 271 g/mol. The molecule has 1 atom stereocenters. The van der Waals surface area contributed by atoms with Gasteiger partial charge in [-0.25, -0.2) is 4.39 Å². The molecule has 2 N–H and O–H groups in total. The minimum absolute atomic E-state index is 0.270. The summed E-state index contributed by atoms with van der Waals surface area (Å²) in [6.45, 7) is 5.57. The molecule has 1 rings (SSSR count). The van der Waals surface area contributed by atoms with Crippen LogP contribution in [0, 0.1) is 5.82 Å². The number of aliphatic hydroxyl groups excluding tert-OH is 1. The van der Waals surface area contributed by atoms with Crippen molar-refractivity contribution in [3.8, 4) is 5.75 Å². The van der Waals surface area contributed by atoms with Crippen molar-refractivity contribution in [2.24, 2.45) is 0 Å². The van der Waals surface area contributed by atoms with Gasteiger partial charge in [0.1, 0.15) is 18.2 Å². The highest BCUT2D eigenvalue weighted by Gasteiger charge is 2.04. The summed E-state index contributed by atoms with van der Waals surface area (Å²) in [7, 11) is 0. The molecule has 0 aliphatic heterocycles. The van der Waals surface area contributed by atoms with Gasteiger partial charge in [-0.15, -0.1) is 0 Å². The zero-order valence-corrected chi connectivity index (χ0v) is 11.4. The SMILES string of the molecule is CC(C)NC[C@@H](O)COCCOc1ccc(F)cc1. The topological polar surface area (TPSA) is 50.7 Å². The summed E-state index contributed by atoms with van der Waals surface area (Å²) < 4.78 is 23.3. The second-order valence-corrected chi connectivity index (χ2v) is 4.59. The van der Waals surface area contributed by atoms with Gasteiger partial charge in [0.2, 0.25) is 0 Å². The Balaban J connectivity index is 2.03. The van der Waals surface area contributed by atoms with Gasteiger partial charge >= 0.3 is 0 Å². The summed E-state index contributed by atoms with van der Waals surface area (Å²) in [6.07, 6.45) is -0.520. The predicted molar refractivity (Wildman–Crippen MR) is 71.9 cm³/mol. The zero-order valence-electron chi connectivity index (χ0n) is 11.4. The van der Waals surface area contributed by atoms with E-state index in [0.29, 0.717) is 31.5 Å². The predicted octanol–water partition coefficient (Wildman–Crippen LogP) is 1.58. The van der Waals surface area contributed by atoms with E-state index in [0.717, 1.165) is 0 Å². The van der Waals surface area contributed by atoms with Crippen molar-refractivity contribution in [3.05, 3.63) is 30.1 Å². The molecule has 4 nitrogen and oxygen atoms in total. The van der Waals surface area contributed by atoms with E-state index in [1.807, 2.05) is 13.8 Å². The van der Waals surface area contributed by atoms with Gasteiger partial charge < -0.3 is 19.9 Å². The van der Waals surface area contributed by atoms with Crippen LogP contribution in [0.3, 0.4) is 0 Å². The lowest BCUT2D eigenvalue weighted by Gasteiger charge is -2.14. The molecular weight excluding hydrogens is 249 g/mol. The molecule has 0 radical (unpaired) electrons. The summed E-state index contributed by atoms with van der Waals surface area (Å²) in [4.78, 5) is 0. The normalized spacial score (nSPS) is 12.7. The van der Waals surface area contributed by atoms with Gasteiger partial charge in [0.15, 0.2) is 0 Å². The molecule has 0 aliphatic carbocycles. The van der Waals surface area contributed by atoms with E-state index in [9.17, 15) is 9.50 Å². The standard InChI is InChI=1S/C14H22FNO3/c1-11(2)16-9-13(17)10-18-7-8-19-14-5-3-12(15)4-6-14/h3-6,11,13,16-17H,7-10H2,1-2H3/t13-/m1/s1. The van der Waals surface area contributed by atoms with Crippen molar-refractivity contribution in [3.63, 3.8) is 0 Å². The number of rotatable bonds is 9. The molecule has 0 aromatic heterocycles. The molecule has 0 unspecified atom stereocenters. The Morgan fingerprint density at radius 1 is 1.21 bits per heavy atom. The maximum absolute atomic E-state index is 12.6. The largest absolute Gasteiger partial charge is 0.491 e. The average Bonchev–Trinajstić information content (AvgIpc) is 2.38. The number of aliphatic hydroxyl groups is 1. The Morgan fingerprint density at radius 3 is 2.53 bits per heavy atom. The molecular formula is C14H22FNO3. The van der Waals surface area contributed by atoms with E-state index in [4.69, 9.17) is 9.47 Å². The van der Waals surface area contributed by atoms with Crippen molar-refractivity contribution in [1.29, 1.82) is 0 Å². The van der Waals surface area contributed by atoms with Gasteiger partial charge in [0.25, 0.3) is 0 Å². The second kappa shape index (κ2) is 8.85. The Kier molecular flexibility index (Phi) is 7.40. The second-order valence-electron chi connectivity index (χ2n) is 4.59. The van der Waals surface area contributed by atoms with Crippen LogP contribution in [0.4, 0.5) is 4.39 Å². The molecule has 0 fully saturated rings. The molecule has 0 spiro atoms. The van der Waals surface area contributed by atoms with Gasteiger partial charge in [0, 0.05) is 12.6 Å². The van der Waals surface area contributed by atoms with Crippen molar-refractivity contribution in [1.82, 2.24) is 5.32 Å². The highest BCUT2D eigenvalue weighted by molar-refractivity contribution is 5.21. The summed E-state index contributed by atoms with van der Waals surface area (Å²) in [5, 5.41) is 12.7. The van der Waals surface area contributed by atoms with Gasteiger partial charge in [-0.2, -0.15) is 0 Å². The maximum atomic E-state index is 12.6. The van der Waals surface area contributed by atoms with Crippen LogP contribution in [0.15, 0.2) is 24.3 Å². The van der Waals surface area contributed by atoms with Gasteiger partial charge in [-0.1, -0.05) is 13.8 Å². The molecule has 0 bridgehead atoms. The van der Waals surface area contributed by atoms with E-state index >= 15 is 0 Å². The van der Waals surface area contributed by atoms with Crippen LogP contribution in [-0.2, 0) is 4.74 Å². The first-order chi connectivity index (χ1) is 9.08. The first-order valence-corrected chi connectivity index (χ1v) is 6.45. The summed E-state index contributed by atoms with van der Waals surface area (Å²) in [5.74, 6) is 0.316. The number of hydrogen-bond donors (Lipinski definition) is 2. The van der Waals surface area contributed by atoms with E-state index in [2.05, 4.69) is 5.32 Å². The van der Waals surface area contributed by atoms with Crippen molar-refractivity contribution < 1.29 is 19.0 Å². The number of nitrogens with one attached hydrogen (secondary N) is 1. The van der Waals surface area contributed by atoms with E-state index < -0.39 is 6.10 Å². The molecule has 1 aromatic rings. The fourth-order valence-corrected chi connectivity index (χ4v) is 1.40. The molecule has 0 saturated carbocycles. The molecule has 0 aliphatic rings. The molecule has 108 valence electrons.